The van der Waals surface area contributed by atoms with E-state index in [9.17, 15) is 19.5 Å². The van der Waals surface area contributed by atoms with Crippen molar-refractivity contribution in [2.75, 3.05) is 6.54 Å². The minimum atomic E-state index is -0.959. The second kappa shape index (κ2) is 13.9. The molecule has 3 unspecified atom stereocenters. The van der Waals surface area contributed by atoms with Gasteiger partial charge in [0.05, 0.1) is 23.4 Å². The molecule has 3 N–H and O–H groups in total. The van der Waals surface area contributed by atoms with Gasteiger partial charge in [-0.05, 0) is 35.1 Å². The van der Waals surface area contributed by atoms with E-state index in [1.807, 2.05) is 44.2 Å². The molecule has 1 amide bonds. The Bertz CT molecular complexity index is 961. The van der Waals surface area contributed by atoms with Crippen LogP contribution in [-0.2, 0) is 16.1 Å². The molecule has 0 saturated heterocycles. The van der Waals surface area contributed by atoms with Crippen molar-refractivity contribution in [3.8, 4) is 11.1 Å². The fourth-order valence-corrected chi connectivity index (χ4v) is 3.94. The quantitative estimate of drug-likeness (QED) is 0.291. The van der Waals surface area contributed by atoms with Crippen LogP contribution in [0.2, 0.25) is 0 Å². The van der Waals surface area contributed by atoms with Crippen LogP contribution in [0.15, 0.2) is 48.5 Å². The Morgan fingerprint density at radius 1 is 1.03 bits per heavy atom. The van der Waals surface area contributed by atoms with Crippen LogP contribution in [0.25, 0.3) is 11.1 Å². The van der Waals surface area contributed by atoms with Crippen molar-refractivity contribution in [2.24, 2.45) is 5.92 Å². The van der Waals surface area contributed by atoms with Crippen molar-refractivity contribution >= 4 is 30.3 Å². The molecule has 0 spiro atoms. The summed E-state index contributed by atoms with van der Waals surface area (Å²) in [5, 5.41) is 15.1. The Labute approximate surface area is 207 Å². The molecule has 3 atom stereocenters. The van der Waals surface area contributed by atoms with Crippen LogP contribution in [0, 0.1) is 5.92 Å². The average Bonchev–Trinajstić information content (AvgIpc) is 2.86. The number of nitrogens with one attached hydrogen (secondary N) is 2. The molecule has 2 aromatic carbocycles. The monoisotopic (exact) mass is 484 g/mol. The van der Waals surface area contributed by atoms with E-state index in [1.165, 1.54) is 0 Å². The van der Waals surface area contributed by atoms with Crippen LogP contribution in [0.4, 0.5) is 0 Å². The van der Waals surface area contributed by atoms with Gasteiger partial charge >= 0.3 is 5.97 Å². The number of hydrogen-bond acceptors (Lipinski definition) is 5. The number of carboxylic acids is 1. The topological polar surface area (TPSA) is 95.5 Å². The third-order valence-corrected chi connectivity index (χ3v) is 6.84. The third-order valence-electron chi connectivity index (χ3n) is 6.10. The minimum absolute atomic E-state index is 0.0153. The van der Waals surface area contributed by atoms with E-state index in [1.54, 1.807) is 18.2 Å². The first-order valence-electron chi connectivity index (χ1n) is 11.9. The maximum Gasteiger partial charge on any atom is 0.336 e. The Morgan fingerprint density at radius 2 is 1.71 bits per heavy atom. The molecule has 0 aliphatic carbocycles. The first-order valence-corrected chi connectivity index (χ1v) is 12.4. The zero-order valence-corrected chi connectivity index (χ0v) is 21.1. The third kappa shape index (κ3) is 7.99. The lowest BCUT2D eigenvalue weighted by atomic mass is 9.98. The molecule has 0 radical (unpaired) electrons. The van der Waals surface area contributed by atoms with Crippen molar-refractivity contribution in [1.82, 2.24) is 10.6 Å². The van der Waals surface area contributed by atoms with Crippen molar-refractivity contribution in [2.45, 2.75) is 64.3 Å². The number of unbranched alkanes of at least 4 members (excludes halogenated alkanes) is 1. The molecule has 0 saturated carbocycles. The molecule has 34 heavy (non-hydrogen) atoms. The number of benzene rings is 2. The highest BCUT2D eigenvalue weighted by atomic mass is 32.1. The van der Waals surface area contributed by atoms with Gasteiger partial charge in [-0.2, -0.15) is 12.6 Å². The van der Waals surface area contributed by atoms with Crippen LogP contribution in [0.3, 0.4) is 0 Å². The maximum absolute atomic E-state index is 12.8. The summed E-state index contributed by atoms with van der Waals surface area (Å²) in [6.45, 7) is 6.54. The SMILES string of the molecule is CCCCC(NCc1ccc(-c2ccccc2C(=O)O)cc1)C(=O)CNC(=O)C(S)C(C)CC. The van der Waals surface area contributed by atoms with Gasteiger partial charge in [-0.3, -0.25) is 9.59 Å². The normalized spacial score (nSPS) is 13.6. The van der Waals surface area contributed by atoms with Gasteiger partial charge < -0.3 is 15.7 Å². The van der Waals surface area contributed by atoms with E-state index >= 15 is 0 Å². The number of thiol groups is 1. The summed E-state index contributed by atoms with van der Waals surface area (Å²) < 4.78 is 0. The second-order valence-corrected chi connectivity index (χ2v) is 9.19. The summed E-state index contributed by atoms with van der Waals surface area (Å²) in [5.74, 6) is -1.08. The number of carbonyl (C=O) groups excluding carboxylic acids is 2. The van der Waals surface area contributed by atoms with Gasteiger partial charge in [-0.15, -0.1) is 0 Å². The van der Waals surface area contributed by atoms with Crippen molar-refractivity contribution in [1.29, 1.82) is 0 Å². The van der Waals surface area contributed by atoms with Crippen molar-refractivity contribution in [3.05, 3.63) is 59.7 Å². The predicted octanol–water partition coefficient (Wildman–Crippen LogP) is 4.73. The molecule has 0 fully saturated rings. The lowest BCUT2D eigenvalue weighted by Gasteiger charge is -2.20. The number of carbonyl (C=O) groups is 3. The molecule has 0 aliphatic rings. The Hall–Kier alpha value is -2.64. The zero-order chi connectivity index (χ0) is 25.1. The van der Waals surface area contributed by atoms with Gasteiger partial charge in [0, 0.05) is 6.54 Å². The van der Waals surface area contributed by atoms with E-state index in [-0.39, 0.29) is 35.8 Å². The smallest absolute Gasteiger partial charge is 0.336 e. The molecule has 0 aromatic heterocycles. The molecule has 0 bridgehead atoms. The maximum atomic E-state index is 12.8. The summed E-state index contributed by atoms with van der Waals surface area (Å²) in [5.41, 5.74) is 2.74. The summed E-state index contributed by atoms with van der Waals surface area (Å²) in [6, 6.07) is 14.2. The largest absolute Gasteiger partial charge is 0.478 e. The molecular formula is C27H36N2O4S. The van der Waals surface area contributed by atoms with Gasteiger partial charge in [-0.25, -0.2) is 4.79 Å². The lowest BCUT2D eigenvalue weighted by Crippen LogP contribution is -2.45. The molecule has 6 nitrogen and oxygen atoms in total. The minimum Gasteiger partial charge on any atom is -0.478 e. The van der Waals surface area contributed by atoms with Gasteiger partial charge in [0.25, 0.3) is 0 Å². The standard InChI is InChI=1S/C27H36N2O4S/c1-4-6-11-23(24(30)17-29-26(31)25(34)18(3)5-2)28-16-19-12-14-20(15-13-19)21-9-7-8-10-22(21)27(32)33/h7-10,12-15,18,23,25,28,34H,4-6,11,16-17H2,1-3H3,(H,29,31)(H,32,33). The molecule has 2 rings (SSSR count). The molecule has 7 heteroatoms. The number of amides is 1. The predicted molar refractivity (Wildman–Crippen MR) is 139 cm³/mol. The highest BCUT2D eigenvalue weighted by molar-refractivity contribution is 7.81. The van der Waals surface area contributed by atoms with Gasteiger partial charge in [0.2, 0.25) is 5.91 Å². The number of hydrogen-bond donors (Lipinski definition) is 4. The number of aromatic carboxylic acids is 1. The average molecular weight is 485 g/mol. The number of rotatable bonds is 14. The number of carboxylic acid groups (broad SMARTS) is 1. The van der Waals surface area contributed by atoms with Crippen LogP contribution in [0.5, 0.6) is 0 Å². The highest BCUT2D eigenvalue weighted by Crippen LogP contribution is 2.24. The summed E-state index contributed by atoms with van der Waals surface area (Å²) >= 11 is 4.38. The van der Waals surface area contributed by atoms with E-state index in [2.05, 4.69) is 30.2 Å². The van der Waals surface area contributed by atoms with Crippen molar-refractivity contribution in [3.63, 3.8) is 0 Å². The fourth-order valence-electron chi connectivity index (χ4n) is 3.63. The summed E-state index contributed by atoms with van der Waals surface area (Å²) in [6.07, 6.45) is 3.42. The Kier molecular flexibility index (Phi) is 11.3. The lowest BCUT2D eigenvalue weighted by molar-refractivity contribution is -0.126. The zero-order valence-electron chi connectivity index (χ0n) is 20.2. The fraction of sp³-hybridized carbons (Fsp3) is 0.444. The van der Waals surface area contributed by atoms with Crippen LogP contribution >= 0.6 is 12.6 Å². The molecule has 0 heterocycles. The Morgan fingerprint density at radius 3 is 2.32 bits per heavy atom. The van der Waals surface area contributed by atoms with Crippen LogP contribution in [0.1, 0.15) is 62.4 Å². The Balaban J connectivity index is 2.00. The highest BCUT2D eigenvalue weighted by Gasteiger charge is 2.22. The van der Waals surface area contributed by atoms with Gasteiger partial charge in [-0.1, -0.05) is 82.5 Å². The van der Waals surface area contributed by atoms with E-state index < -0.39 is 11.2 Å². The molecule has 184 valence electrons. The van der Waals surface area contributed by atoms with Gasteiger partial charge in [0.15, 0.2) is 5.78 Å². The first kappa shape index (κ1) is 27.6. The van der Waals surface area contributed by atoms with Crippen molar-refractivity contribution < 1.29 is 19.5 Å². The number of Topliss-reactive ketones (excluding diaryl/α,β-unsaturated/α-hetero) is 1. The van der Waals surface area contributed by atoms with Crippen LogP contribution < -0.4 is 10.6 Å². The first-order chi connectivity index (χ1) is 16.3. The van der Waals surface area contributed by atoms with E-state index in [0.29, 0.717) is 18.5 Å². The molecule has 2 aromatic rings. The van der Waals surface area contributed by atoms with Gasteiger partial charge in [0.1, 0.15) is 0 Å². The summed E-state index contributed by atoms with van der Waals surface area (Å²) in [7, 11) is 0. The summed E-state index contributed by atoms with van der Waals surface area (Å²) in [4.78, 5) is 36.6. The number of ketones is 1. The van der Waals surface area contributed by atoms with E-state index in [0.717, 1.165) is 30.4 Å². The van der Waals surface area contributed by atoms with E-state index in [4.69, 9.17) is 0 Å². The molecular weight excluding hydrogens is 448 g/mol. The van der Waals surface area contributed by atoms with Crippen LogP contribution in [-0.4, -0.2) is 40.6 Å². The molecule has 0 aliphatic heterocycles. The second-order valence-electron chi connectivity index (χ2n) is 8.64.